The maximum absolute atomic E-state index is 8.92. The average Bonchev–Trinajstić information content (AvgIpc) is 2.42. The van der Waals surface area contributed by atoms with Crippen LogP contribution >= 0.6 is 23.5 Å². The Kier molecular flexibility index (Phi) is 5.38. The molecule has 0 radical (unpaired) electrons. The summed E-state index contributed by atoms with van der Waals surface area (Å²) in [6.45, 7) is 0.389. The summed E-state index contributed by atoms with van der Waals surface area (Å²) < 4.78 is 0. The Morgan fingerprint density at radius 1 is 0.722 bits per heavy atom. The molecule has 4 heteroatoms. The summed E-state index contributed by atoms with van der Waals surface area (Å²) >= 11 is 3.35. The van der Waals surface area contributed by atoms with Gasteiger partial charge in [-0.2, -0.15) is 0 Å². The lowest BCUT2D eigenvalue weighted by Crippen LogP contribution is -1.89. The highest BCUT2D eigenvalue weighted by Gasteiger charge is 2.05. The molecule has 2 N–H and O–H groups in total. The first kappa shape index (κ1) is 13.7. The van der Waals surface area contributed by atoms with E-state index in [9.17, 15) is 0 Å². The summed E-state index contributed by atoms with van der Waals surface area (Å²) in [5.74, 6) is 1.43. The van der Waals surface area contributed by atoms with Crippen LogP contribution in [-0.4, -0.2) is 34.9 Å². The van der Waals surface area contributed by atoms with Crippen LogP contribution in [0.15, 0.2) is 46.2 Å². The van der Waals surface area contributed by atoms with Crippen molar-refractivity contribution in [3.8, 4) is 0 Å². The van der Waals surface area contributed by atoms with E-state index in [1.54, 1.807) is 23.5 Å². The lowest BCUT2D eigenvalue weighted by atomic mass is 10.1. The fourth-order valence-electron chi connectivity index (χ4n) is 1.82. The molecule has 0 aliphatic carbocycles. The Bertz CT molecular complexity index is 467. The van der Waals surface area contributed by atoms with Gasteiger partial charge in [-0.1, -0.05) is 24.3 Å². The number of aliphatic hydroxyl groups excluding tert-OH is 2. The fraction of sp³-hybridized carbons (Fsp3) is 0.286. The van der Waals surface area contributed by atoms with Gasteiger partial charge in [0.05, 0.1) is 13.2 Å². The smallest absolute Gasteiger partial charge is 0.0525 e. The fourth-order valence-corrected chi connectivity index (χ4v) is 3.45. The Hall–Kier alpha value is -0.680. The molecule has 0 heterocycles. The van der Waals surface area contributed by atoms with Crippen molar-refractivity contribution in [3.63, 3.8) is 0 Å². The summed E-state index contributed by atoms with van der Waals surface area (Å²) in [4.78, 5) is 2.40. The van der Waals surface area contributed by atoms with Crippen LogP contribution < -0.4 is 0 Å². The van der Waals surface area contributed by atoms with E-state index in [-0.39, 0.29) is 13.2 Å². The summed E-state index contributed by atoms with van der Waals surface area (Å²) in [6.07, 6.45) is 0. The van der Waals surface area contributed by atoms with Crippen molar-refractivity contribution >= 4 is 34.3 Å². The number of benzene rings is 2. The minimum absolute atomic E-state index is 0.194. The molecular formula is C14H16O2S2. The first-order chi connectivity index (χ1) is 8.86. The quantitative estimate of drug-likeness (QED) is 0.798. The molecule has 0 aliphatic heterocycles. The van der Waals surface area contributed by atoms with Gasteiger partial charge in [-0.15, -0.1) is 23.5 Å². The van der Waals surface area contributed by atoms with Gasteiger partial charge in [0.25, 0.3) is 0 Å². The molecule has 0 saturated heterocycles. The zero-order valence-corrected chi connectivity index (χ0v) is 11.6. The van der Waals surface area contributed by atoms with Crippen LogP contribution in [0.2, 0.25) is 0 Å². The van der Waals surface area contributed by atoms with Gasteiger partial charge in [0.15, 0.2) is 0 Å². The Balaban J connectivity index is 2.37. The third kappa shape index (κ3) is 3.20. The topological polar surface area (TPSA) is 40.5 Å². The largest absolute Gasteiger partial charge is 0.396 e. The highest BCUT2D eigenvalue weighted by atomic mass is 32.2. The van der Waals surface area contributed by atoms with E-state index in [0.717, 1.165) is 0 Å². The molecule has 0 amide bonds. The third-order valence-electron chi connectivity index (χ3n) is 2.54. The molecule has 0 spiro atoms. The molecule has 0 atom stereocenters. The second kappa shape index (κ2) is 7.04. The molecule has 0 bridgehead atoms. The van der Waals surface area contributed by atoms with Crippen molar-refractivity contribution < 1.29 is 10.2 Å². The van der Waals surface area contributed by atoms with Crippen molar-refractivity contribution in [2.45, 2.75) is 9.79 Å². The van der Waals surface area contributed by atoms with Crippen molar-refractivity contribution in [1.29, 1.82) is 0 Å². The van der Waals surface area contributed by atoms with Crippen molar-refractivity contribution in [1.82, 2.24) is 0 Å². The second-order valence-corrected chi connectivity index (χ2v) is 6.03. The number of aliphatic hydroxyl groups is 2. The monoisotopic (exact) mass is 280 g/mol. The minimum Gasteiger partial charge on any atom is -0.396 e. The van der Waals surface area contributed by atoms with Crippen LogP contribution in [0.1, 0.15) is 0 Å². The van der Waals surface area contributed by atoms with Crippen molar-refractivity contribution in [2.24, 2.45) is 0 Å². The Morgan fingerprint density at radius 2 is 1.17 bits per heavy atom. The van der Waals surface area contributed by atoms with Crippen LogP contribution in [0.25, 0.3) is 10.8 Å². The normalized spacial score (nSPS) is 11.0. The van der Waals surface area contributed by atoms with Crippen LogP contribution in [0, 0.1) is 0 Å². The summed E-state index contributed by atoms with van der Waals surface area (Å²) in [6, 6.07) is 12.5. The van der Waals surface area contributed by atoms with Gasteiger partial charge >= 0.3 is 0 Å². The Labute approximate surface area is 115 Å². The van der Waals surface area contributed by atoms with Crippen LogP contribution in [-0.2, 0) is 0 Å². The van der Waals surface area contributed by atoms with E-state index in [0.29, 0.717) is 11.5 Å². The zero-order chi connectivity index (χ0) is 12.8. The van der Waals surface area contributed by atoms with Gasteiger partial charge in [0.2, 0.25) is 0 Å². The van der Waals surface area contributed by atoms with Gasteiger partial charge in [-0.05, 0) is 22.9 Å². The van der Waals surface area contributed by atoms with Crippen LogP contribution in [0.4, 0.5) is 0 Å². The van der Waals surface area contributed by atoms with Crippen molar-refractivity contribution in [3.05, 3.63) is 36.4 Å². The molecule has 2 aromatic rings. The highest BCUT2D eigenvalue weighted by molar-refractivity contribution is 8.00. The van der Waals surface area contributed by atoms with E-state index in [2.05, 4.69) is 24.3 Å². The third-order valence-corrected chi connectivity index (χ3v) is 4.65. The van der Waals surface area contributed by atoms with E-state index in [1.165, 1.54) is 20.6 Å². The average molecular weight is 280 g/mol. The number of hydrogen-bond donors (Lipinski definition) is 2. The SMILES string of the molecule is OCCSc1cccc2c(SCCO)cccc12. The lowest BCUT2D eigenvalue weighted by molar-refractivity contribution is 0.322. The van der Waals surface area contributed by atoms with Gasteiger partial charge in [-0.3, -0.25) is 0 Å². The Morgan fingerprint density at radius 3 is 1.56 bits per heavy atom. The molecule has 18 heavy (non-hydrogen) atoms. The first-order valence-corrected chi connectivity index (χ1v) is 7.83. The second-order valence-electron chi connectivity index (χ2n) is 3.75. The molecule has 2 nitrogen and oxygen atoms in total. The van der Waals surface area contributed by atoms with Crippen molar-refractivity contribution in [2.75, 3.05) is 24.7 Å². The molecule has 0 aliphatic rings. The first-order valence-electron chi connectivity index (χ1n) is 5.86. The number of rotatable bonds is 6. The zero-order valence-electron chi connectivity index (χ0n) is 10.0. The van der Waals surface area contributed by atoms with E-state index < -0.39 is 0 Å². The van der Waals surface area contributed by atoms with Crippen LogP contribution in [0.5, 0.6) is 0 Å². The van der Waals surface area contributed by atoms with Gasteiger partial charge in [0.1, 0.15) is 0 Å². The summed E-state index contributed by atoms with van der Waals surface area (Å²) in [5.41, 5.74) is 0. The lowest BCUT2D eigenvalue weighted by Gasteiger charge is -2.09. The predicted octanol–water partition coefficient (Wildman–Crippen LogP) is 3.01. The molecular weight excluding hydrogens is 264 g/mol. The maximum atomic E-state index is 8.92. The van der Waals surface area contributed by atoms with E-state index >= 15 is 0 Å². The number of fused-ring (bicyclic) bond motifs is 1. The number of hydrogen-bond acceptors (Lipinski definition) is 4. The van der Waals surface area contributed by atoms with Crippen LogP contribution in [0.3, 0.4) is 0 Å². The minimum atomic E-state index is 0.194. The summed E-state index contributed by atoms with van der Waals surface area (Å²) in [7, 11) is 0. The predicted molar refractivity (Wildman–Crippen MR) is 79.6 cm³/mol. The van der Waals surface area contributed by atoms with E-state index in [4.69, 9.17) is 10.2 Å². The molecule has 0 fully saturated rings. The number of thioether (sulfide) groups is 2. The van der Waals surface area contributed by atoms with E-state index in [1.807, 2.05) is 12.1 Å². The molecule has 0 saturated carbocycles. The standard InChI is InChI=1S/C14H16O2S2/c15-7-9-17-13-5-1-3-11-12(13)4-2-6-14(11)18-10-8-16/h1-6,15-16H,7-10H2. The maximum Gasteiger partial charge on any atom is 0.0525 e. The molecule has 0 unspecified atom stereocenters. The molecule has 0 aromatic heterocycles. The summed E-state index contributed by atoms with van der Waals surface area (Å²) in [5, 5.41) is 20.3. The molecule has 96 valence electrons. The van der Waals surface area contributed by atoms with Gasteiger partial charge in [-0.25, -0.2) is 0 Å². The van der Waals surface area contributed by atoms with Gasteiger partial charge < -0.3 is 10.2 Å². The highest BCUT2D eigenvalue weighted by Crippen LogP contribution is 2.33. The van der Waals surface area contributed by atoms with Gasteiger partial charge in [0, 0.05) is 21.3 Å². The molecule has 2 rings (SSSR count). The molecule has 2 aromatic carbocycles.